The van der Waals surface area contributed by atoms with Crippen LogP contribution in [0.2, 0.25) is 0 Å². The molecule has 0 fully saturated rings. The number of ether oxygens (including phenoxy) is 1. The third-order valence-corrected chi connectivity index (χ3v) is 3.07. The van der Waals surface area contributed by atoms with Crippen LogP contribution in [-0.4, -0.2) is 24.6 Å². The van der Waals surface area contributed by atoms with Crippen molar-refractivity contribution in [3.8, 4) is 5.75 Å². The van der Waals surface area contributed by atoms with Crippen molar-refractivity contribution in [3.05, 3.63) is 29.8 Å². The first kappa shape index (κ1) is 17.0. The number of imide groups is 1. The second-order valence-electron chi connectivity index (χ2n) is 4.67. The largest absolute Gasteiger partial charge is 0.481 e. The Morgan fingerprint density at radius 1 is 1.29 bits per heavy atom. The summed E-state index contributed by atoms with van der Waals surface area (Å²) in [6, 6.07) is 6.81. The van der Waals surface area contributed by atoms with E-state index in [0.29, 0.717) is 5.75 Å². The first-order chi connectivity index (χ1) is 9.99. The van der Waals surface area contributed by atoms with E-state index in [4.69, 9.17) is 10.5 Å². The molecule has 2 unspecified atom stereocenters. The molecule has 3 amide bonds. The van der Waals surface area contributed by atoms with E-state index in [9.17, 15) is 9.59 Å². The molecule has 6 nitrogen and oxygen atoms in total. The summed E-state index contributed by atoms with van der Waals surface area (Å²) < 4.78 is 5.68. The van der Waals surface area contributed by atoms with E-state index < -0.39 is 18.0 Å². The molecule has 1 rings (SSSR count). The fourth-order valence-electron chi connectivity index (χ4n) is 2.06. The molecule has 1 aromatic rings. The van der Waals surface area contributed by atoms with Crippen LogP contribution < -0.4 is 21.1 Å². The summed E-state index contributed by atoms with van der Waals surface area (Å²) in [5.74, 6) is 0.0613. The Bertz CT molecular complexity index is 491. The summed E-state index contributed by atoms with van der Waals surface area (Å²) in [7, 11) is 0. The van der Waals surface area contributed by atoms with Crippen LogP contribution in [0.3, 0.4) is 0 Å². The fraction of sp³-hybridized carbons (Fsp3) is 0.467. The molecule has 0 aliphatic heterocycles. The molecule has 0 radical (unpaired) electrons. The molecule has 0 aliphatic carbocycles. The van der Waals surface area contributed by atoms with Crippen molar-refractivity contribution in [1.82, 2.24) is 10.6 Å². The highest BCUT2D eigenvalue weighted by atomic mass is 16.5. The summed E-state index contributed by atoms with van der Waals surface area (Å²) in [6.45, 7) is 6.52. The van der Waals surface area contributed by atoms with Crippen molar-refractivity contribution >= 4 is 11.9 Å². The number of carbonyl (C=O) groups is 2. The fourth-order valence-corrected chi connectivity index (χ4v) is 2.06. The third kappa shape index (κ3) is 5.07. The second kappa shape index (κ2) is 8.26. The molecule has 116 valence electrons. The van der Waals surface area contributed by atoms with Crippen LogP contribution in [0.1, 0.15) is 38.8 Å². The predicted molar refractivity (Wildman–Crippen MR) is 81.0 cm³/mol. The van der Waals surface area contributed by atoms with Gasteiger partial charge in [0.1, 0.15) is 5.75 Å². The molecular formula is C15H23N3O3. The van der Waals surface area contributed by atoms with E-state index >= 15 is 0 Å². The molecule has 0 heterocycles. The lowest BCUT2D eigenvalue weighted by Gasteiger charge is -2.22. The molecule has 6 heteroatoms. The van der Waals surface area contributed by atoms with Crippen LogP contribution in [0.5, 0.6) is 5.75 Å². The highest BCUT2D eigenvalue weighted by Crippen LogP contribution is 2.27. The normalized spacial score (nSPS) is 13.3. The van der Waals surface area contributed by atoms with E-state index in [1.54, 1.807) is 6.92 Å². The molecule has 0 saturated carbocycles. The van der Waals surface area contributed by atoms with E-state index in [1.807, 2.05) is 36.5 Å². The van der Waals surface area contributed by atoms with E-state index in [0.717, 1.165) is 18.5 Å². The molecule has 0 aromatic heterocycles. The molecule has 21 heavy (non-hydrogen) atoms. The maximum absolute atomic E-state index is 11.7. The van der Waals surface area contributed by atoms with Gasteiger partial charge in [0.15, 0.2) is 6.10 Å². The molecule has 2 atom stereocenters. The zero-order valence-electron chi connectivity index (χ0n) is 12.7. The van der Waals surface area contributed by atoms with E-state index in [-0.39, 0.29) is 6.04 Å². The average Bonchev–Trinajstić information content (AvgIpc) is 2.44. The highest BCUT2D eigenvalue weighted by molar-refractivity contribution is 5.95. The van der Waals surface area contributed by atoms with Gasteiger partial charge in [-0.2, -0.15) is 0 Å². The van der Waals surface area contributed by atoms with Crippen LogP contribution in [0.15, 0.2) is 24.3 Å². The van der Waals surface area contributed by atoms with Gasteiger partial charge in [-0.3, -0.25) is 10.1 Å². The maximum atomic E-state index is 11.7. The summed E-state index contributed by atoms with van der Waals surface area (Å²) in [5, 5.41) is 5.38. The standard InChI is InChI=1S/C15H23N3O3/c1-4-12(17-5-2)11-8-6-7-9-13(11)21-10(3)14(19)18-15(16)20/h6-10,12,17H,4-5H2,1-3H3,(H3,16,18,19,20). The van der Waals surface area contributed by atoms with Gasteiger partial charge >= 0.3 is 6.03 Å². The minimum absolute atomic E-state index is 0.151. The molecular weight excluding hydrogens is 270 g/mol. The van der Waals surface area contributed by atoms with Crippen molar-refractivity contribution in [2.24, 2.45) is 5.73 Å². The van der Waals surface area contributed by atoms with Gasteiger partial charge in [0.05, 0.1) is 0 Å². The van der Waals surface area contributed by atoms with Gasteiger partial charge < -0.3 is 15.8 Å². The molecule has 1 aromatic carbocycles. The van der Waals surface area contributed by atoms with E-state index in [2.05, 4.69) is 12.2 Å². The first-order valence-corrected chi connectivity index (χ1v) is 7.08. The molecule has 0 spiro atoms. The van der Waals surface area contributed by atoms with Crippen LogP contribution in [0, 0.1) is 0 Å². The lowest BCUT2D eigenvalue weighted by Crippen LogP contribution is -2.42. The first-order valence-electron chi connectivity index (χ1n) is 7.08. The Labute approximate surface area is 125 Å². The number of nitrogens with two attached hydrogens (primary N) is 1. The number of nitrogens with one attached hydrogen (secondary N) is 2. The smallest absolute Gasteiger partial charge is 0.318 e. The lowest BCUT2D eigenvalue weighted by molar-refractivity contribution is -0.126. The van der Waals surface area contributed by atoms with Gasteiger partial charge in [0.25, 0.3) is 5.91 Å². The minimum Gasteiger partial charge on any atom is -0.481 e. The Kier molecular flexibility index (Phi) is 6.68. The molecule has 0 aliphatic rings. The van der Waals surface area contributed by atoms with Crippen LogP contribution >= 0.6 is 0 Å². The van der Waals surface area contributed by atoms with Gasteiger partial charge in [-0.15, -0.1) is 0 Å². The summed E-state index contributed by atoms with van der Waals surface area (Å²) in [5.41, 5.74) is 5.91. The van der Waals surface area contributed by atoms with Gasteiger partial charge in [-0.1, -0.05) is 32.0 Å². The minimum atomic E-state index is -0.886. The van der Waals surface area contributed by atoms with Crippen molar-refractivity contribution in [2.45, 2.75) is 39.3 Å². The van der Waals surface area contributed by atoms with E-state index in [1.165, 1.54) is 0 Å². The van der Waals surface area contributed by atoms with Crippen molar-refractivity contribution in [2.75, 3.05) is 6.54 Å². The SMILES string of the molecule is CCNC(CC)c1ccccc1OC(C)C(=O)NC(N)=O. The Hall–Kier alpha value is -2.08. The molecule has 4 N–H and O–H groups in total. The zero-order chi connectivity index (χ0) is 15.8. The van der Waals surface area contributed by atoms with Crippen molar-refractivity contribution in [1.29, 1.82) is 0 Å². The van der Waals surface area contributed by atoms with Gasteiger partial charge in [-0.05, 0) is 26.0 Å². The highest BCUT2D eigenvalue weighted by Gasteiger charge is 2.19. The zero-order valence-corrected chi connectivity index (χ0v) is 12.7. The number of primary amides is 1. The number of carbonyl (C=O) groups excluding carboxylic acids is 2. The second-order valence-corrected chi connectivity index (χ2v) is 4.67. The maximum Gasteiger partial charge on any atom is 0.318 e. The Balaban J connectivity index is 2.88. The van der Waals surface area contributed by atoms with Crippen molar-refractivity contribution in [3.63, 3.8) is 0 Å². The predicted octanol–water partition coefficient (Wildman–Crippen LogP) is 1.71. The monoisotopic (exact) mass is 293 g/mol. The summed E-state index contributed by atoms with van der Waals surface area (Å²) in [4.78, 5) is 22.4. The number of hydrogen-bond donors (Lipinski definition) is 3. The van der Waals surface area contributed by atoms with Crippen molar-refractivity contribution < 1.29 is 14.3 Å². The number of para-hydroxylation sites is 1. The topological polar surface area (TPSA) is 93.4 Å². The number of benzene rings is 1. The number of urea groups is 1. The Morgan fingerprint density at radius 2 is 1.95 bits per heavy atom. The van der Waals surface area contributed by atoms with Gasteiger partial charge in [0.2, 0.25) is 0 Å². The van der Waals surface area contributed by atoms with Crippen LogP contribution in [0.25, 0.3) is 0 Å². The third-order valence-electron chi connectivity index (χ3n) is 3.07. The van der Waals surface area contributed by atoms with Gasteiger partial charge in [-0.25, -0.2) is 4.79 Å². The van der Waals surface area contributed by atoms with Gasteiger partial charge in [0, 0.05) is 11.6 Å². The quantitative estimate of drug-likeness (QED) is 0.713. The molecule has 0 bridgehead atoms. The number of rotatable bonds is 7. The number of hydrogen-bond acceptors (Lipinski definition) is 4. The average molecular weight is 293 g/mol. The number of amides is 3. The summed E-state index contributed by atoms with van der Waals surface area (Å²) >= 11 is 0. The van der Waals surface area contributed by atoms with Crippen LogP contribution in [-0.2, 0) is 4.79 Å². The Morgan fingerprint density at radius 3 is 2.52 bits per heavy atom. The lowest BCUT2D eigenvalue weighted by atomic mass is 10.0. The van der Waals surface area contributed by atoms with Crippen LogP contribution in [0.4, 0.5) is 4.79 Å². The summed E-state index contributed by atoms with van der Waals surface area (Å²) in [6.07, 6.45) is 0.0913. The molecule has 0 saturated heterocycles.